The summed E-state index contributed by atoms with van der Waals surface area (Å²) in [6.45, 7) is 5.51. The second-order valence-electron chi connectivity index (χ2n) is 10.6. The molecule has 3 aromatic rings. The molecule has 0 unspecified atom stereocenters. The van der Waals surface area contributed by atoms with Gasteiger partial charge in [0, 0.05) is 17.6 Å². The van der Waals surface area contributed by atoms with Crippen molar-refractivity contribution in [2.24, 2.45) is 0 Å². The van der Waals surface area contributed by atoms with E-state index in [1.807, 2.05) is 57.2 Å². The fourth-order valence-corrected chi connectivity index (χ4v) is 4.43. The van der Waals surface area contributed by atoms with Crippen LogP contribution >= 0.6 is 0 Å². The zero-order chi connectivity index (χ0) is 27.1. The third-order valence-corrected chi connectivity index (χ3v) is 6.23. The minimum atomic E-state index is -0.530. The Morgan fingerprint density at radius 1 is 0.947 bits per heavy atom. The van der Waals surface area contributed by atoms with Crippen LogP contribution in [-0.4, -0.2) is 45.4 Å². The van der Waals surface area contributed by atoms with Gasteiger partial charge in [-0.3, -0.25) is 9.59 Å². The predicted octanol–water partition coefficient (Wildman–Crippen LogP) is 4.62. The molecule has 1 fully saturated rings. The van der Waals surface area contributed by atoms with E-state index in [-0.39, 0.29) is 30.3 Å². The normalized spacial score (nSPS) is 17.3. The van der Waals surface area contributed by atoms with E-state index in [4.69, 9.17) is 4.74 Å². The van der Waals surface area contributed by atoms with Crippen molar-refractivity contribution in [2.45, 2.75) is 70.6 Å². The van der Waals surface area contributed by atoms with E-state index in [0.29, 0.717) is 16.9 Å². The van der Waals surface area contributed by atoms with Gasteiger partial charge in [-0.05, 0) is 70.2 Å². The zero-order valence-corrected chi connectivity index (χ0v) is 22.1. The molecule has 0 saturated heterocycles. The molecule has 9 nitrogen and oxygen atoms in total. The van der Waals surface area contributed by atoms with Gasteiger partial charge in [0.15, 0.2) is 0 Å². The maximum absolute atomic E-state index is 12.9. The van der Waals surface area contributed by atoms with E-state index in [0.717, 1.165) is 31.2 Å². The molecular formula is C29H35N5O4. The van der Waals surface area contributed by atoms with Crippen LogP contribution in [0.4, 0.5) is 10.5 Å². The molecule has 4 rings (SSSR count). The van der Waals surface area contributed by atoms with Gasteiger partial charge >= 0.3 is 6.09 Å². The third kappa shape index (κ3) is 7.93. The summed E-state index contributed by atoms with van der Waals surface area (Å²) >= 11 is 0. The number of aromatic nitrogens is 2. The summed E-state index contributed by atoms with van der Waals surface area (Å²) in [5.41, 5.74) is 2.23. The largest absolute Gasteiger partial charge is 0.444 e. The summed E-state index contributed by atoms with van der Waals surface area (Å²) in [7, 11) is 0. The molecule has 0 bridgehead atoms. The lowest BCUT2D eigenvalue weighted by molar-refractivity contribution is -0.115. The molecule has 200 valence electrons. The molecule has 1 aliphatic carbocycles. The van der Waals surface area contributed by atoms with Crippen molar-refractivity contribution in [2.75, 3.05) is 5.32 Å². The van der Waals surface area contributed by atoms with Crippen molar-refractivity contribution in [1.82, 2.24) is 20.4 Å². The van der Waals surface area contributed by atoms with E-state index in [9.17, 15) is 14.4 Å². The van der Waals surface area contributed by atoms with Gasteiger partial charge in [0.2, 0.25) is 5.91 Å². The number of hydrogen-bond donors (Lipinski definition) is 3. The number of amides is 3. The van der Waals surface area contributed by atoms with E-state index < -0.39 is 11.7 Å². The molecule has 1 aromatic heterocycles. The summed E-state index contributed by atoms with van der Waals surface area (Å²) in [4.78, 5) is 37.3. The third-order valence-electron chi connectivity index (χ3n) is 6.23. The Labute approximate surface area is 223 Å². The van der Waals surface area contributed by atoms with Crippen LogP contribution < -0.4 is 16.0 Å². The summed E-state index contributed by atoms with van der Waals surface area (Å²) in [5.74, 6) is -0.279. The molecule has 9 heteroatoms. The molecule has 0 aliphatic heterocycles. The van der Waals surface area contributed by atoms with E-state index in [1.165, 1.54) is 0 Å². The fraction of sp³-hybridized carbons (Fsp3) is 0.379. The number of anilines is 1. The van der Waals surface area contributed by atoms with Gasteiger partial charge in [-0.25, -0.2) is 9.48 Å². The van der Waals surface area contributed by atoms with Crippen LogP contribution in [0.15, 0.2) is 67.0 Å². The monoisotopic (exact) mass is 517 g/mol. The standard InChI is InChI=1S/C29H35N5O4/c1-29(2,3)38-28(37)33-23-14-12-22(13-15-23)32-27(36)21-10-7-11-25(17-21)34-19-24(18-30-34)31-26(35)16-20-8-5-4-6-9-20/h4-11,17-19,22-23H,12-16H2,1-3H3,(H,31,35)(H,32,36)(H,33,37). The average molecular weight is 518 g/mol. The van der Waals surface area contributed by atoms with Crippen LogP contribution in [0.5, 0.6) is 0 Å². The Hall–Kier alpha value is -4.14. The van der Waals surface area contributed by atoms with E-state index >= 15 is 0 Å². The molecular weight excluding hydrogens is 482 g/mol. The quantitative estimate of drug-likeness (QED) is 0.423. The lowest BCUT2D eigenvalue weighted by atomic mass is 9.91. The lowest BCUT2D eigenvalue weighted by Crippen LogP contribution is -2.45. The van der Waals surface area contributed by atoms with Gasteiger partial charge < -0.3 is 20.7 Å². The zero-order valence-electron chi connectivity index (χ0n) is 22.1. The van der Waals surface area contributed by atoms with Crippen LogP contribution in [0.25, 0.3) is 5.69 Å². The van der Waals surface area contributed by atoms with E-state index in [2.05, 4.69) is 21.0 Å². The molecule has 0 atom stereocenters. The number of ether oxygens (including phenoxy) is 1. The Bertz CT molecular complexity index is 1260. The highest BCUT2D eigenvalue weighted by molar-refractivity contribution is 5.95. The summed E-state index contributed by atoms with van der Waals surface area (Å²) in [6.07, 6.45) is 6.28. The summed E-state index contributed by atoms with van der Waals surface area (Å²) in [6, 6.07) is 16.8. The molecule has 0 spiro atoms. The highest BCUT2D eigenvalue weighted by Gasteiger charge is 2.26. The second-order valence-corrected chi connectivity index (χ2v) is 10.6. The molecule has 0 radical (unpaired) electrons. The lowest BCUT2D eigenvalue weighted by Gasteiger charge is -2.30. The van der Waals surface area contributed by atoms with E-state index in [1.54, 1.807) is 35.3 Å². The molecule has 3 amide bonds. The number of carbonyl (C=O) groups excluding carboxylic acids is 3. The number of nitrogens with zero attached hydrogens (tertiary/aromatic N) is 2. The van der Waals surface area contributed by atoms with Crippen molar-refractivity contribution in [3.63, 3.8) is 0 Å². The Morgan fingerprint density at radius 2 is 1.63 bits per heavy atom. The van der Waals surface area contributed by atoms with Crippen LogP contribution in [0.2, 0.25) is 0 Å². The SMILES string of the molecule is CC(C)(C)OC(=O)NC1CCC(NC(=O)c2cccc(-n3cc(NC(=O)Cc4ccccc4)cn3)c2)CC1. The van der Waals surface area contributed by atoms with Gasteiger partial charge in [-0.2, -0.15) is 5.10 Å². The average Bonchev–Trinajstić information content (AvgIpc) is 3.33. The maximum Gasteiger partial charge on any atom is 0.407 e. The van der Waals surface area contributed by atoms with Gasteiger partial charge in [0.1, 0.15) is 5.60 Å². The smallest absolute Gasteiger partial charge is 0.407 e. The minimum Gasteiger partial charge on any atom is -0.444 e. The number of alkyl carbamates (subject to hydrolysis) is 1. The Balaban J connectivity index is 1.28. The Kier molecular flexibility index (Phi) is 8.45. The first-order valence-corrected chi connectivity index (χ1v) is 12.9. The molecule has 1 heterocycles. The van der Waals surface area contributed by atoms with Gasteiger partial charge in [-0.1, -0.05) is 36.4 Å². The first-order valence-electron chi connectivity index (χ1n) is 12.9. The van der Waals surface area contributed by atoms with Crippen LogP contribution in [0.1, 0.15) is 62.4 Å². The number of hydrogen-bond acceptors (Lipinski definition) is 5. The first-order chi connectivity index (χ1) is 18.1. The topological polar surface area (TPSA) is 114 Å². The maximum atomic E-state index is 12.9. The van der Waals surface area contributed by atoms with Crippen molar-refractivity contribution < 1.29 is 19.1 Å². The van der Waals surface area contributed by atoms with Crippen LogP contribution in [0, 0.1) is 0 Å². The highest BCUT2D eigenvalue weighted by Crippen LogP contribution is 2.21. The number of nitrogens with one attached hydrogen (secondary N) is 3. The minimum absolute atomic E-state index is 0.0407. The molecule has 38 heavy (non-hydrogen) atoms. The highest BCUT2D eigenvalue weighted by atomic mass is 16.6. The van der Waals surface area contributed by atoms with Crippen molar-refractivity contribution in [3.8, 4) is 5.69 Å². The first kappa shape index (κ1) is 26.9. The number of carbonyl (C=O) groups is 3. The molecule has 1 aliphatic rings. The predicted molar refractivity (Wildman–Crippen MR) is 145 cm³/mol. The van der Waals surface area contributed by atoms with Gasteiger partial charge in [0.05, 0.1) is 30.2 Å². The van der Waals surface area contributed by atoms with Crippen LogP contribution in [0.3, 0.4) is 0 Å². The van der Waals surface area contributed by atoms with Crippen molar-refractivity contribution >= 4 is 23.6 Å². The molecule has 1 saturated carbocycles. The van der Waals surface area contributed by atoms with Gasteiger partial charge in [-0.15, -0.1) is 0 Å². The molecule has 3 N–H and O–H groups in total. The van der Waals surface area contributed by atoms with Crippen molar-refractivity contribution in [3.05, 3.63) is 78.1 Å². The second kappa shape index (κ2) is 11.9. The molecule has 2 aromatic carbocycles. The summed E-state index contributed by atoms with van der Waals surface area (Å²) < 4.78 is 6.96. The number of rotatable bonds is 7. The summed E-state index contributed by atoms with van der Waals surface area (Å²) in [5, 5.41) is 13.2. The van der Waals surface area contributed by atoms with Crippen molar-refractivity contribution in [1.29, 1.82) is 0 Å². The number of benzene rings is 2. The van der Waals surface area contributed by atoms with Gasteiger partial charge in [0.25, 0.3) is 5.91 Å². The Morgan fingerprint density at radius 3 is 2.32 bits per heavy atom. The van der Waals surface area contributed by atoms with Crippen LogP contribution in [-0.2, 0) is 16.0 Å². The fourth-order valence-electron chi connectivity index (χ4n) is 4.43.